The average molecular weight is 477 g/mol. The minimum absolute atomic E-state index is 0.118. The molecule has 1 N–H and O–H groups in total. The van der Waals surface area contributed by atoms with E-state index in [4.69, 9.17) is 0 Å². The minimum atomic E-state index is -0.449. The summed E-state index contributed by atoms with van der Waals surface area (Å²) in [6.07, 6.45) is 0.899. The van der Waals surface area contributed by atoms with Crippen LogP contribution in [0.25, 0.3) is 10.9 Å². The van der Waals surface area contributed by atoms with Gasteiger partial charge in [0.1, 0.15) is 6.04 Å². The molecule has 0 aliphatic carbocycles. The number of H-pyrrole nitrogens is 1. The van der Waals surface area contributed by atoms with Gasteiger partial charge in [0.15, 0.2) is 5.82 Å². The number of tetrazole rings is 1. The minimum Gasteiger partial charge on any atom is -0.354 e. The van der Waals surface area contributed by atoms with Crippen LogP contribution in [0.5, 0.6) is 0 Å². The number of nitrogens with zero attached hydrogens (tertiary/aromatic N) is 5. The molecule has 180 valence electrons. The molecule has 1 aliphatic rings. The van der Waals surface area contributed by atoms with E-state index in [-0.39, 0.29) is 11.6 Å². The molecular weight excluding hydrogens is 448 g/mol. The zero-order valence-corrected chi connectivity index (χ0v) is 20.6. The lowest BCUT2D eigenvalue weighted by molar-refractivity contribution is 0.544. The number of aromatic nitrogens is 5. The highest BCUT2D eigenvalue weighted by atomic mass is 16.1. The van der Waals surface area contributed by atoms with Crippen LogP contribution in [0.15, 0.2) is 77.6 Å². The summed E-state index contributed by atoms with van der Waals surface area (Å²) in [5, 5.41) is 14.0. The molecule has 5 aromatic rings. The standard InChI is InChI=1S/C29H28N6O/c1-18-13-14-19(2)26-23(18)16-24(29(36)30-26)27(35-20(3)15-22-11-7-8-12-25(22)35)28-31-32-33-34(28)17-21-9-5-4-6-10-21/h4-14,16,20,27H,15,17H2,1-3H3,(H,30,36). The number of aryl methyl sites for hydroxylation is 2. The number of benzene rings is 3. The summed E-state index contributed by atoms with van der Waals surface area (Å²) >= 11 is 0. The molecule has 0 spiro atoms. The number of fused-ring (bicyclic) bond motifs is 2. The maximum absolute atomic E-state index is 13.7. The van der Waals surface area contributed by atoms with Gasteiger partial charge in [0.05, 0.1) is 12.1 Å². The van der Waals surface area contributed by atoms with Crippen LogP contribution in [-0.4, -0.2) is 31.2 Å². The molecule has 0 radical (unpaired) electrons. The van der Waals surface area contributed by atoms with E-state index >= 15 is 0 Å². The van der Waals surface area contributed by atoms with Crippen LogP contribution < -0.4 is 10.5 Å². The zero-order valence-electron chi connectivity index (χ0n) is 20.6. The molecular formula is C29H28N6O. The lowest BCUT2D eigenvalue weighted by Gasteiger charge is -2.33. The molecule has 0 saturated carbocycles. The van der Waals surface area contributed by atoms with Gasteiger partial charge in [0.25, 0.3) is 5.56 Å². The predicted octanol–water partition coefficient (Wildman–Crippen LogP) is 4.72. The summed E-state index contributed by atoms with van der Waals surface area (Å²) in [4.78, 5) is 19.2. The first kappa shape index (κ1) is 22.2. The molecule has 0 amide bonds. The highest BCUT2D eigenvalue weighted by Gasteiger charge is 2.38. The van der Waals surface area contributed by atoms with Crippen molar-refractivity contribution in [3.63, 3.8) is 0 Å². The van der Waals surface area contributed by atoms with Crippen LogP contribution in [0.3, 0.4) is 0 Å². The van der Waals surface area contributed by atoms with Crippen LogP contribution in [-0.2, 0) is 13.0 Å². The molecule has 3 heterocycles. The zero-order chi connectivity index (χ0) is 24.8. The van der Waals surface area contributed by atoms with Gasteiger partial charge in [-0.15, -0.1) is 5.10 Å². The number of para-hydroxylation sites is 1. The third kappa shape index (κ3) is 3.68. The Bertz CT molecular complexity index is 1620. The maximum Gasteiger partial charge on any atom is 0.254 e. The fourth-order valence-electron chi connectivity index (χ4n) is 5.47. The summed E-state index contributed by atoms with van der Waals surface area (Å²) in [5.74, 6) is 0.651. The molecule has 0 fully saturated rings. The Balaban J connectivity index is 1.58. The van der Waals surface area contributed by atoms with Crippen molar-refractivity contribution in [1.82, 2.24) is 25.2 Å². The number of hydrogen-bond donors (Lipinski definition) is 1. The molecule has 7 nitrogen and oxygen atoms in total. The molecule has 1 aliphatic heterocycles. The molecule has 2 atom stereocenters. The van der Waals surface area contributed by atoms with Crippen molar-refractivity contribution in [2.75, 3.05) is 4.90 Å². The number of nitrogens with one attached hydrogen (secondary N) is 1. The highest BCUT2D eigenvalue weighted by molar-refractivity contribution is 5.85. The summed E-state index contributed by atoms with van der Waals surface area (Å²) < 4.78 is 1.82. The number of aromatic amines is 1. The number of hydrogen-bond acceptors (Lipinski definition) is 5. The van der Waals surface area contributed by atoms with Gasteiger partial charge < -0.3 is 9.88 Å². The third-order valence-corrected chi connectivity index (χ3v) is 7.28. The smallest absolute Gasteiger partial charge is 0.254 e. The molecule has 36 heavy (non-hydrogen) atoms. The van der Waals surface area contributed by atoms with E-state index in [1.54, 1.807) is 0 Å². The van der Waals surface area contributed by atoms with E-state index in [9.17, 15) is 4.79 Å². The van der Waals surface area contributed by atoms with Gasteiger partial charge in [-0.2, -0.15) is 0 Å². The molecule has 2 unspecified atom stereocenters. The summed E-state index contributed by atoms with van der Waals surface area (Å²) in [6.45, 7) is 6.82. The maximum atomic E-state index is 13.7. The summed E-state index contributed by atoms with van der Waals surface area (Å²) in [6, 6.07) is 24.4. The Hall–Kier alpha value is -4.26. The van der Waals surface area contributed by atoms with E-state index in [0.717, 1.165) is 39.7 Å². The average Bonchev–Trinajstić information content (AvgIpc) is 3.47. The molecule has 6 rings (SSSR count). The Morgan fingerprint density at radius 3 is 2.58 bits per heavy atom. The lowest BCUT2D eigenvalue weighted by atomic mass is 9.99. The van der Waals surface area contributed by atoms with Crippen molar-refractivity contribution < 1.29 is 0 Å². The second kappa shape index (κ2) is 8.75. The van der Waals surface area contributed by atoms with Gasteiger partial charge in [-0.05, 0) is 72.0 Å². The van der Waals surface area contributed by atoms with Gasteiger partial charge >= 0.3 is 0 Å². The van der Waals surface area contributed by atoms with Crippen molar-refractivity contribution in [3.8, 4) is 0 Å². The number of rotatable bonds is 5. The Kier molecular flexibility index (Phi) is 5.40. The van der Waals surface area contributed by atoms with Crippen molar-refractivity contribution in [2.24, 2.45) is 0 Å². The van der Waals surface area contributed by atoms with Gasteiger partial charge in [0, 0.05) is 22.7 Å². The van der Waals surface area contributed by atoms with E-state index < -0.39 is 6.04 Å². The largest absolute Gasteiger partial charge is 0.354 e. The first-order valence-corrected chi connectivity index (χ1v) is 12.3. The van der Waals surface area contributed by atoms with Crippen LogP contribution >= 0.6 is 0 Å². The predicted molar refractivity (Wildman–Crippen MR) is 141 cm³/mol. The quantitative estimate of drug-likeness (QED) is 0.397. The summed E-state index contributed by atoms with van der Waals surface area (Å²) in [5.41, 5.74) is 7.04. The summed E-state index contributed by atoms with van der Waals surface area (Å²) in [7, 11) is 0. The van der Waals surface area contributed by atoms with Gasteiger partial charge in [0.2, 0.25) is 0 Å². The monoisotopic (exact) mass is 476 g/mol. The highest BCUT2D eigenvalue weighted by Crippen LogP contribution is 2.41. The van der Waals surface area contributed by atoms with Crippen molar-refractivity contribution in [1.29, 1.82) is 0 Å². The fraction of sp³-hybridized carbons (Fsp3) is 0.241. The molecule has 3 aromatic carbocycles. The molecule has 0 bridgehead atoms. The van der Waals surface area contributed by atoms with E-state index in [2.05, 4.69) is 75.7 Å². The van der Waals surface area contributed by atoms with Gasteiger partial charge in [-0.25, -0.2) is 4.68 Å². The lowest BCUT2D eigenvalue weighted by Crippen LogP contribution is -2.39. The molecule has 2 aromatic heterocycles. The van der Waals surface area contributed by atoms with Crippen LogP contribution in [0, 0.1) is 13.8 Å². The Morgan fingerprint density at radius 1 is 1.00 bits per heavy atom. The van der Waals surface area contributed by atoms with Gasteiger partial charge in [-0.3, -0.25) is 4.79 Å². The SMILES string of the molecule is Cc1ccc(C)c2[nH]c(=O)c(C(c3nnnn3Cc3ccccc3)N3c4ccccc4CC3C)cc12. The molecule has 0 saturated heterocycles. The van der Waals surface area contributed by atoms with Crippen molar-refractivity contribution in [2.45, 2.75) is 45.8 Å². The Morgan fingerprint density at radius 2 is 1.75 bits per heavy atom. The fourth-order valence-corrected chi connectivity index (χ4v) is 5.47. The number of pyridine rings is 1. The number of anilines is 1. The first-order valence-electron chi connectivity index (χ1n) is 12.3. The van der Waals surface area contributed by atoms with E-state index in [1.165, 1.54) is 5.56 Å². The van der Waals surface area contributed by atoms with E-state index in [0.29, 0.717) is 17.9 Å². The van der Waals surface area contributed by atoms with Crippen molar-refractivity contribution >= 4 is 16.6 Å². The second-order valence-electron chi connectivity index (χ2n) is 9.71. The second-order valence-corrected chi connectivity index (χ2v) is 9.71. The topological polar surface area (TPSA) is 79.7 Å². The van der Waals surface area contributed by atoms with Crippen LogP contribution in [0.2, 0.25) is 0 Å². The van der Waals surface area contributed by atoms with Crippen LogP contribution in [0.1, 0.15) is 46.6 Å². The van der Waals surface area contributed by atoms with Crippen molar-refractivity contribution in [3.05, 3.63) is 117 Å². The van der Waals surface area contributed by atoms with E-state index in [1.807, 2.05) is 48.0 Å². The molecule has 7 heteroatoms. The van der Waals surface area contributed by atoms with Crippen LogP contribution in [0.4, 0.5) is 5.69 Å². The Labute approximate surface area is 209 Å². The third-order valence-electron chi connectivity index (χ3n) is 7.28. The normalized spacial score (nSPS) is 15.9. The van der Waals surface area contributed by atoms with Gasteiger partial charge in [-0.1, -0.05) is 60.7 Å². The first-order chi connectivity index (χ1) is 17.5.